The molecule has 1 amide bonds. The van der Waals surface area contributed by atoms with E-state index < -0.39 is 11.4 Å². The number of carbonyl (C=O) groups excluding carboxylic acids is 1. The highest BCUT2D eigenvalue weighted by molar-refractivity contribution is 5.94. The normalized spacial score (nSPS) is 22.5. The predicted molar refractivity (Wildman–Crippen MR) is 67.9 cm³/mol. The summed E-state index contributed by atoms with van der Waals surface area (Å²) in [6.45, 7) is 2.26. The van der Waals surface area contributed by atoms with Crippen LogP contribution in [-0.2, 0) is 11.8 Å². The van der Waals surface area contributed by atoms with Crippen molar-refractivity contribution < 1.29 is 14.7 Å². The molecule has 0 bridgehead atoms. The van der Waals surface area contributed by atoms with Crippen molar-refractivity contribution in [1.82, 2.24) is 9.47 Å². The molecule has 2 heterocycles. The molecule has 1 aliphatic rings. The highest BCUT2D eigenvalue weighted by atomic mass is 16.4. The number of aliphatic carboxylic acids is 1. The first-order chi connectivity index (χ1) is 8.83. The lowest BCUT2D eigenvalue weighted by Crippen LogP contribution is -2.35. The number of carbonyl (C=O) groups is 2. The zero-order valence-electron chi connectivity index (χ0n) is 10.9. The monoisotopic (exact) mass is 264 g/mol. The van der Waals surface area contributed by atoms with Gasteiger partial charge in [-0.3, -0.25) is 14.4 Å². The Morgan fingerprint density at radius 1 is 1.37 bits per heavy atom. The van der Waals surface area contributed by atoms with Crippen molar-refractivity contribution in [3.8, 4) is 0 Å². The molecule has 1 fully saturated rings. The molecule has 0 radical (unpaired) electrons. The number of likely N-dealkylation sites (tertiary alicyclic amines) is 1. The van der Waals surface area contributed by atoms with Gasteiger partial charge in [0.25, 0.3) is 5.91 Å². The molecule has 1 unspecified atom stereocenters. The molecule has 1 aromatic rings. The fraction of sp³-hybridized carbons (Fsp3) is 0.462. The van der Waals surface area contributed by atoms with Crippen LogP contribution in [-0.4, -0.2) is 39.5 Å². The maximum atomic E-state index is 12.2. The van der Waals surface area contributed by atoms with Crippen LogP contribution in [0.25, 0.3) is 0 Å². The quantitative estimate of drug-likeness (QED) is 0.834. The zero-order chi connectivity index (χ0) is 14.2. The molecule has 0 spiro atoms. The molecule has 19 heavy (non-hydrogen) atoms. The van der Waals surface area contributed by atoms with E-state index in [-0.39, 0.29) is 18.0 Å². The Bertz CT molecular complexity index is 593. The number of carboxylic acid groups (broad SMARTS) is 1. The molecular formula is C13H16N2O4. The van der Waals surface area contributed by atoms with Crippen molar-refractivity contribution in [1.29, 1.82) is 0 Å². The molecule has 1 N–H and O–H groups in total. The summed E-state index contributed by atoms with van der Waals surface area (Å²) in [7, 11) is 1.57. The summed E-state index contributed by atoms with van der Waals surface area (Å²) in [4.78, 5) is 36.2. The highest BCUT2D eigenvalue weighted by Gasteiger charge is 2.42. The average Bonchev–Trinajstić information content (AvgIpc) is 2.76. The van der Waals surface area contributed by atoms with Crippen LogP contribution in [0.5, 0.6) is 0 Å². The first-order valence-corrected chi connectivity index (χ1v) is 6.03. The standard InChI is InChI=1S/C13H16N2O4/c1-13(12(18)19)5-6-15(8-13)11(17)9-3-4-10(16)14(2)7-9/h3-4,7H,5-6,8H2,1-2H3,(H,18,19). The second-order valence-corrected chi connectivity index (χ2v) is 5.21. The minimum absolute atomic E-state index is 0.187. The Labute approximate surface area is 110 Å². The number of aromatic nitrogens is 1. The Morgan fingerprint density at radius 3 is 2.58 bits per heavy atom. The maximum absolute atomic E-state index is 12.2. The largest absolute Gasteiger partial charge is 0.481 e. The Kier molecular flexibility index (Phi) is 3.18. The summed E-state index contributed by atoms with van der Waals surface area (Å²) < 4.78 is 1.33. The molecule has 1 atom stereocenters. The van der Waals surface area contributed by atoms with Gasteiger partial charge in [0.1, 0.15) is 0 Å². The van der Waals surface area contributed by atoms with Gasteiger partial charge in [-0.15, -0.1) is 0 Å². The molecule has 1 saturated heterocycles. The van der Waals surface area contributed by atoms with Crippen LogP contribution in [0.2, 0.25) is 0 Å². The molecule has 0 aromatic carbocycles. The summed E-state index contributed by atoms with van der Waals surface area (Å²) in [6.07, 6.45) is 1.92. The zero-order valence-corrected chi connectivity index (χ0v) is 10.9. The summed E-state index contributed by atoms with van der Waals surface area (Å²) in [5, 5.41) is 9.14. The number of hydrogen-bond acceptors (Lipinski definition) is 3. The number of amides is 1. The number of aryl methyl sites for hydroxylation is 1. The summed E-state index contributed by atoms with van der Waals surface area (Å²) in [5.74, 6) is -1.12. The minimum Gasteiger partial charge on any atom is -0.481 e. The predicted octanol–water partition coefficient (Wildman–Crippen LogP) is 0.322. The van der Waals surface area contributed by atoms with Crippen molar-refractivity contribution in [2.24, 2.45) is 12.5 Å². The molecule has 0 saturated carbocycles. The third-order valence-corrected chi connectivity index (χ3v) is 3.61. The van der Waals surface area contributed by atoms with Crippen molar-refractivity contribution >= 4 is 11.9 Å². The molecule has 0 aliphatic carbocycles. The first kappa shape index (κ1) is 13.3. The van der Waals surface area contributed by atoms with Crippen LogP contribution in [0.15, 0.2) is 23.1 Å². The van der Waals surface area contributed by atoms with E-state index in [0.717, 1.165) is 0 Å². The molecule has 2 rings (SSSR count). The molecular weight excluding hydrogens is 248 g/mol. The van der Waals surface area contributed by atoms with Gasteiger partial charge in [0.15, 0.2) is 0 Å². The van der Waals surface area contributed by atoms with Gasteiger partial charge >= 0.3 is 5.97 Å². The third-order valence-electron chi connectivity index (χ3n) is 3.61. The average molecular weight is 264 g/mol. The number of carboxylic acids is 1. The Balaban J connectivity index is 2.20. The van der Waals surface area contributed by atoms with Gasteiger partial charge in [0.2, 0.25) is 5.56 Å². The van der Waals surface area contributed by atoms with Crippen LogP contribution < -0.4 is 5.56 Å². The Morgan fingerprint density at radius 2 is 2.05 bits per heavy atom. The summed E-state index contributed by atoms with van der Waals surface area (Å²) >= 11 is 0. The van der Waals surface area contributed by atoms with Crippen molar-refractivity contribution in [2.75, 3.05) is 13.1 Å². The van der Waals surface area contributed by atoms with Gasteiger partial charge in [-0.25, -0.2) is 0 Å². The van der Waals surface area contributed by atoms with E-state index in [1.165, 1.54) is 27.8 Å². The first-order valence-electron chi connectivity index (χ1n) is 6.03. The molecule has 6 heteroatoms. The number of nitrogens with zero attached hydrogens (tertiary/aromatic N) is 2. The van der Waals surface area contributed by atoms with Crippen molar-refractivity contribution in [3.63, 3.8) is 0 Å². The van der Waals surface area contributed by atoms with E-state index >= 15 is 0 Å². The topological polar surface area (TPSA) is 79.6 Å². The summed E-state index contributed by atoms with van der Waals surface area (Å²) in [6, 6.07) is 2.81. The summed E-state index contributed by atoms with van der Waals surface area (Å²) in [5.41, 5.74) is -0.666. The van der Waals surface area contributed by atoms with Gasteiger partial charge in [-0.1, -0.05) is 0 Å². The van der Waals surface area contributed by atoms with Crippen LogP contribution in [0.3, 0.4) is 0 Å². The van der Waals surface area contributed by atoms with Gasteiger partial charge in [-0.2, -0.15) is 0 Å². The molecule has 6 nitrogen and oxygen atoms in total. The Hall–Kier alpha value is -2.11. The van der Waals surface area contributed by atoms with E-state index in [2.05, 4.69) is 0 Å². The smallest absolute Gasteiger partial charge is 0.311 e. The van der Waals surface area contributed by atoms with Gasteiger partial charge < -0.3 is 14.6 Å². The van der Waals surface area contributed by atoms with E-state index in [9.17, 15) is 14.4 Å². The van der Waals surface area contributed by atoms with Crippen molar-refractivity contribution in [2.45, 2.75) is 13.3 Å². The van der Waals surface area contributed by atoms with Crippen LogP contribution in [0.4, 0.5) is 0 Å². The minimum atomic E-state index is -0.886. The van der Waals surface area contributed by atoms with Crippen molar-refractivity contribution in [3.05, 3.63) is 34.2 Å². The lowest BCUT2D eigenvalue weighted by molar-refractivity contribution is -0.147. The highest BCUT2D eigenvalue weighted by Crippen LogP contribution is 2.30. The fourth-order valence-electron chi connectivity index (χ4n) is 2.21. The van der Waals surface area contributed by atoms with Crippen LogP contribution in [0, 0.1) is 5.41 Å². The second-order valence-electron chi connectivity index (χ2n) is 5.21. The lowest BCUT2D eigenvalue weighted by Gasteiger charge is -2.20. The van der Waals surface area contributed by atoms with Gasteiger partial charge in [-0.05, 0) is 19.4 Å². The molecule has 1 aliphatic heterocycles. The van der Waals surface area contributed by atoms with E-state index in [4.69, 9.17) is 5.11 Å². The molecule has 1 aromatic heterocycles. The van der Waals surface area contributed by atoms with E-state index in [1.54, 1.807) is 14.0 Å². The lowest BCUT2D eigenvalue weighted by atomic mass is 9.90. The number of rotatable bonds is 2. The SMILES string of the molecule is Cn1cc(C(=O)N2CCC(C)(C(=O)O)C2)ccc1=O. The van der Waals surface area contributed by atoms with Crippen LogP contribution >= 0.6 is 0 Å². The van der Waals surface area contributed by atoms with Crippen LogP contribution in [0.1, 0.15) is 23.7 Å². The second kappa shape index (κ2) is 4.53. The third kappa shape index (κ3) is 2.38. The van der Waals surface area contributed by atoms with E-state index in [0.29, 0.717) is 18.5 Å². The molecule has 102 valence electrons. The van der Waals surface area contributed by atoms with E-state index in [1.807, 2.05) is 0 Å². The maximum Gasteiger partial charge on any atom is 0.311 e. The van der Waals surface area contributed by atoms with Gasteiger partial charge in [0.05, 0.1) is 11.0 Å². The fourth-order valence-corrected chi connectivity index (χ4v) is 2.21. The van der Waals surface area contributed by atoms with Gasteiger partial charge in [0, 0.05) is 32.4 Å². The number of hydrogen-bond donors (Lipinski definition) is 1. The number of pyridine rings is 1.